The lowest BCUT2D eigenvalue weighted by molar-refractivity contribution is -0.117. The first-order valence-corrected chi connectivity index (χ1v) is 11.8. The SMILES string of the molecule is O=C(CC1CCCC1)Nc1cccc2cc(C(=O)Nc3ccc(Br)cc3-c3noc(=O)[nH]3)[nH]c12. The van der Waals surface area contributed by atoms with Gasteiger partial charge in [0.05, 0.1) is 16.9 Å². The van der Waals surface area contributed by atoms with Crippen LogP contribution in [0.25, 0.3) is 22.3 Å². The second-order valence-electron chi connectivity index (χ2n) is 8.44. The summed E-state index contributed by atoms with van der Waals surface area (Å²) >= 11 is 3.39. The minimum Gasteiger partial charge on any atom is -0.349 e. The number of hydrogen-bond acceptors (Lipinski definition) is 5. The van der Waals surface area contributed by atoms with Crippen LogP contribution < -0.4 is 16.4 Å². The van der Waals surface area contributed by atoms with E-state index in [1.54, 1.807) is 24.3 Å². The van der Waals surface area contributed by atoms with Crippen LogP contribution in [0, 0.1) is 5.92 Å². The van der Waals surface area contributed by atoms with E-state index in [0.717, 1.165) is 22.7 Å². The second kappa shape index (κ2) is 9.30. The summed E-state index contributed by atoms with van der Waals surface area (Å²) in [7, 11) is 0. The number of halogens is 1. The molecule has 0 radical (unpaired) electrons. The zero-order valence-corrected chi connectivity index (χ0v) is 19.7. The number of rotatable bonds is 6. The molecule has 2 amide bonds. The van der Waals surface area contributed by atoms with Gasteiger partial charge in [0.25, 0.3) is 5.91 Å². The summed E-state index contributed by atoms with van der Waals surface area (Å²) in [4.78, 5) is 42.6. The van der Waals surface area contributed by atoms with E-state index in [2.05, 4.69) is 46.2 Å². The van der Waals surface area contributed by atoms with Gasteiger partial charge in [0.1, 0.15) is 5.69 Å². The second-order valence-corrected chi connectivity index (χ2v) is 9.36. The molecule has 0 bridgehead atoms. The van der Waals surface area contributed by atoms with E-state index in [1.807, 2.05) is 18.2 Å². The number of nitrogens with one attached hydrogen (secondary N) is 4. The number of H-pyrrole nitrogens is 2. The van der Waals surface area contributed by atoms with E-state index in [1.165, 1.54) is 12.8 Å². The number of para-hydroxylation sites is 1. The lowest BCUT2D eigenvalue weighted by Crippen LogP contribution is -2.15. The number of aromatic amines is 2. The molecule has 2 heterocycles. The quantitative estimate of drug-likeness (QED) is 0.280. The van der Waals surface area contributed by atoms with E-state index < -0.39 is 5.76 Å². The van der Waals surface area contributed by atoms with Crippen molar-refractivity contribution < 1.29 is 14.1 Å². The Labute approximate surface area is 202 Å². The Kier molecular flexibility index (Phi) is 6.06. The summed E-state index contributed by atoms with van der Waals surface area (Å²) in [6.07, 6.45) is 5.10. The molecule has 1 fully saturated rings. The molecule has 10 heteroatoms. The first-order chi connectivity index (χ1) is 16.5. The Morgan fingerprint density at radius 3 is 2.65 bits per heavy atom. The molecule has 0 aliphatic heterocycles. The molecule has 0 unspecified atom stereocenters. The van der Waals surface area contributed by atoms with Gasteiger partial charge in [0.2, 0.25) is 5.91 Å². The van der Waals surface area contributed by atoms with E-state index in [9.17, 15) is 14.4 Å². The van der Waals surface area contributed by atoms with Gasteiger partial charge in [-0.3, -0.25) is 19.1 Å². The van der Waals surface area contributed by atoms with Crippen LogP contribution in [0.2, 0.25) is 0 Å². The molecule has 0 spiro atoms. The Balaban J connectivity index is 1.38. The molecule has 0 saturated heterocycles. The molecule has 4 N–H and O–H groups in total. The molecule has 0 atom stereocenters. The lowest BCUT2D eigenvalue weighted by Gasteiger charge is -2.10. The number of hydrogen-bond donors (Lipinski definition) is 4. The van der Waals surface area contributed by atoms with Gasteiger partial charge in [-0.1, -0.05) is 46.1 Å². The highest BCUT2D eigenvalue weighted by atomic mass is 79.9. The predicted octanol–water partition coefficient (Wildman–Crippen LogP) is 5.04. The number of aromatic nitrogens is 3. The highest BCUT2D eigenvalue weighted by molar-refractivity contribution is 9.10. The van der Waals surface area contributed by atoms with Crippen molar-refractivity contribution in [2.24, 2.45) is 5.92 Å². The maximum absolute atomic E-state index is 13.1. The number of nitrogens with zero attached hydrogens (tertiary/aromatic N) is 1. The first kappa shape index (κ1) is 22.1. The summed E-state index contributed by atoms with van der Waals surface area (Å²) in [6, 6.07) is 12.4. The minimum absolute atomic E-state index is 0.0129. The van der Waals surface area contributed by atoms with E-state index >= 15 is 0 Å². The summed E-state index contributed by atoms with van der Waals surface area (Å²) in [5.74, 6) is -0.435. The minimum atomic E-state index is -0.689. The molecule has 174 valence electrons. The van der Waals surface area contributed by atoms with Crippen molar-refractivity contribution in [2.75, 3.05) is 10.6 Å². The van der Waals surface area contributed by atoms with Gasteiger partial charge in [0, 0.05) is 21.8 Å². The maximum atomic E-state index is 13.1. The molecule has 9 nitrogen and oxygen atoms in total. The fourth-order valence-electron chi connectivity index (χ4n) is 4.42. The van der Waals surface area contributed by atoms with Gasteiger partial charge < -0.3 is 15.6 Å². The molecular formula is C24H22BrN5O4. The number of anilines is 2. The first-order valence-electron chi connectivity index (χ1n) is 11.0. The number of carbonyl (C=O) groups is 2. The molecule has 4 aromatic rings. The van der Waals surface area contributed by atoms with Crippen molar-refractivity contribution in [2.45, 2.75) is 32.1 Å². The van der Waals surface area contributed by atoms with Gasteiger partial charge in [-0.05, 0) is 49.1 Å². The molecule has 1 saturated carbocycles. The summed E-state index contributed by atoms with van der Waals surface area (Å²) in [5.41, 5.74) is 2.59. The predicted molar refractivity (Wildman–Crippen MR) is 132 cm³/mol. The molecule has 2 aromatic carbocycles. The van der Waals surface area contributed by atoms with Crippen LogP contribution in [0.4, 0.5) is 11.4 Å². The van der Waals surface area contributed by atoms with Crippen molar-refractivity contribution in [1.82, 2.24) is 15.1 Å². The van der Waals surface area contributed by atoms with Crippen LogP contribution in [0.3, 0.4) is 0 Å². The topological polar surface area (TPSA) is 133 Å². The Morgan fingerprint density at radius 2 is 1.88 bits per heavy atom. The van der Waals surface area contributed by atoms with Crippen molar-refractivity contribution in [3.63, 3.8) is 0 Å². The van der Waals surface area contributed by atoms with E-state index in [0.29, 0.717) is 40.5 Å². The zero-order valence-electron chi connectivity index (χ0n) is 18.1. The van der Waals surface area contributed by atoms with E-state index in [-0.39, 0.29) is 17.6 Å². The summed E-state index contributed by atoms with van der Waals surface area (Å²) in [6.45, 7) is 0. The fraction of sp³-hybridized carbons (Fsp3) is 0.250. The molecule has 5 rings (SSSR count). The molecule has 2 aromatic heterocycles. The number of benzene rings is 2. The van der Waals surface area contributed by atoms with Crippen LogP contribution in [-0.2, 0) is 4.79 Å². The zero-order chi connectivity index (χ0) is 23.7. The standard InChI is InChI=1S/C24H22BrN5O4/c25-15-8-9-17(16(12-15)22-29-24(33)34-30-22)28-23(32)19-11-14-6-3-7-18(21(14)27-19)26-20(31)10-13-4-1-2-5-13/h3,6-9,11-13,27H,1-2,4-5,10H2,(H,26,31)(H,28,32)(H,29,30,33). The number of fused-ring (bicyclic) bond motifs is 1. The van der Waals surface area contributed by atoms with E-state index in [4.69, 9.17) is 0 Å². The Bertz CT molecular complexity index is 1430. The van der Waals surface area contributed by atoms with Gasteiger partial charge in [-0.25, -0.2) is 4.79 Å². The highest BCUT2D eigenvalue weighted by Crippen LogP contribution is 2.31. The summed E-state index contributed by atoms with van der Waals surface area (Å²) < 4.78 is 5.34. The average molecular weight is 524 g/mol. The number of carbonyl (C=O) groups excluding carboxylic acids is 2. The van der Waals surface area contributed by atoms with Crippen molar-refractivity contribution >= 4 is 50.0 Å². The summed E-state index contributed by atoms with van der Waals surface area (Å²) in [5, 5.41) is 10.4. The Hall–Kier alpha value is -3.66. The van der Waals surface area contributed by atoms with Crippen molar-refractivity contribution in [3.8, 4) is 11.4 Å². The Morgan fingerprint density at radius 1 is 1.06 bits per heavy atom. The maximum Gasteiger partial charge on any atom is 0.439 e. The monoisotopic (exact) mass is 523 g/mol. The smallest absolute Gasteiger partial charge is 0.349 e. The molecular weight excluding hydrogens is 502 g/mol. The van der Waals surface area contributed by atoms with Gasteiger partial charge in [-0.15, -0.1) is 0 Å². The van der Waals surface area contributed by atoms with Crippen molar-refractivity contribution in [1.29, 1.82) is 0 Å². The van der Waals surface area contributed by atoms with Crippen LogP contribution in [0.5, 0.6) is 0 Å². The third-order valence-electron chi connectivity index (χ3n) is 6.05. The van der Waals surface area contributed by atoms with Crippen molar-refractivity contribution in [3.05, 3.63) is 63.2 Å². The van der Waals surface area contributed by atoms with Gasteiger partial charge >= 0.3 is 5.76 Å². The normalized spacial score (nSPS) is 13.9. The molecule has 1 aliphatic rings. The largest absolute Gasteiger partial charge is 0.439 e. The number of amides is 2. The third-order valence-corrected chi connectivity index (χ3v) is 6.54. The molecule has 1 aliphatic carbocycles. The van der Waals surface area contributed by atoms with Crippen LogP contribution in [0.1, 0.15) is 42.6 Å². The average Bonchev–Trinajstić information content (AvgIpc) is 3.56. The van der Waals surface area contributed by atoms with Gasteiger partial charge in [-0.2, -0.15) is 0 Å². The highest BCUT2D eigenvalue weighted by Gasteiger charge is 2.20. The van der Waals surface area contributed by atoms with Crippen LogP contribution in [-0.4, -0.2) is 26.9 Å². The molecule has 34 heavy (non-hydrogen) atoms. The lowest BCUT2D eigenvalue weighted by atomic mass is 10.0. The van der Waals surface area contributed by atoms with Gasteiger partial charge in [0.15, 0.2) is 5.82 Å². The van der Waals surface area contributed by atoms with Crippen LogP contribution in [0.15, 0.2) is 56.3 Å². The fourth-order valence-corrected chi connectivity index (χ4v) is 4.78. The third kappa shape index (κ3) is 4.67. The van der Waals surface area contributed by atoms with Crippen LogP contribution >= 0.6 is 15.9 Å².